The number of hydrogen-bond acceptors (Lipinski definition) is 3. The lowest BCUT2D eigenvalue weighted by molar-refractivity contribution is 0.127. The van der Waals surface area contributed by atoms with Crippen molar-refractivity contribution in [2.75, 3.05) is 13.2 Å². The summed E-state index contributed by atoms with van der Waals surface area (Å²) in [5, 5.41) is 4.69. The molecule has 2 aromatic rings. The monoisotopic (exact) mass is 244 g/mol. The Balaban J connectivity index is 2.03. The molecule has 1 N–H and O–H groups in total. The second-order valence-corrected chi connectivity index (χ2v) is 4.43. The van der Waals surface area contributed by atoms with Gasteiger partial charge in [-0.3, -0.25) is 4.98 Å². The Morgan fingerprint density at radius 1 is 1.28 bits per heavy atom. The van der Waals surface area contributed by atoms with E-state index >= 15 is 0 Å². The fraction of sp³-hybridized carbons (Fsp3) is 0.400. The fourth-order valence-electron chi connectivity index (χ4n) is 1.95. The molecule has 96 valence electrons. The molecule has 1 heterocycles. The highest BCUT2D eigenvalue weighted by atomic mass is 16.5. The van der Waals surface area contributed by atoms with Crippen molar-refractivity contribution in [2.45, 2.75) is 26.4 Å². The van der Waals surface area contributed by atoms with E-state index in [1.54, 1.807) is 0 Å². The van der Waals surface area contributed by atoms with E-state index in [1.165, 1.54) is 10.9 Å². The van der Waals surface area contributed by atoms with Gasteiger partial charge in [0.05, 0.1) is 12.1 Å². The van der Waals surface area contributed by atoms with E-state index in [4.69, 9.17) is 4.74 Å². The number of nitrogens with zero attached hydrogens (tertiary/aromatic N) is 1. The summed E-state index contributed by atoms with van der Waals surface area (Å²) in [6.07, 6.45) is 1.87. The Morgan fingerprint density at radius 3 is 2.94 bits per heavy atom. The SMILES string of the molecule is CCOCC(C)NCc1ccnc2ccccc12. The van der Waals surface area contributed by atoms with E-state index < -0.39 is 0 Å². The number of nitrogens with one attached hydrogen (secondary N) is 1. The predicted molar refractivity (Wildman–Crippen MR) is 74.5 cm³/mol. The van der Waals surface area contributed by atoms with Crippen molar-refractivity contribution < 1.29 is 4.74 Å². The van der Waals surface area contributed by atoms with E-state index in [2.05, 4.69) is 35.4 Å². The molecule has 0 saturated heterocycles. The van der Waals surface area contributed by atoms with Gasteiger partial charge in [-0.05, 0) is 31.5 Å². The number of hydrogen-bond donors (Lipinski definition) is 1. The lowest BCUT2D eigenvalue weighted by Crippen LogP contribution is -2.30. The van der Waals surface area contributed by atoms with Gasteiger partial charge in [-0.1, -0.05) is 18.2 Å². The van der Waals surface area contributed by atoms with Crippen LogP contribution in [0.2, 0.25) is 0 Å². The van der Waals surface area contributed by atoms with Crippen LogP contribution in [0.5, 0.6) is 0 Å². The molecule has 1 aromatic heterocycles. The van der Waals surface area contributed by atoms with Crippen molar-refractivity contribution in [3.8, 4) is 0 Å². The lowest BCUT2D eigenvalue weighted by atomic mass is 10.1. The Morgan fingerprint density at radius 2 is 2.11 bits per heavy atom. The van der Waals surface area contributed by atoms with Gasteiger partial charge in [0.2, 0.25) is 0 Å². The molecule has 1 unspecified atom stereocenters. The molecule has 2 rings (SSSR count). The molecular weight excluding hydrogens is 224 g/mol. The quantitative estimate of drug-likeness (QED) is 0.848. The van der Waals surface area contributed by atoms with Crippen LogP contribution in [-0.2, 0) is 11.3 Å². The Labute approximate surface area is 108 Å². The van der Waals surface area contributed by atoms with Gasteiger partial charge in [0, 0.05) is 30.8 Å². The van der Waals surface area contributed by atoms with Crippen LogP contribution in [0.25, 0.3) is 10.9 Å². The number of fused-ring (bicyclic) bond motifs is 1. The highest BCUT2D eigenvalue weighted by Gasteiger charge is 2.04. The van der Waals surface area contributed by atoms with Crippen LogP contribution < -0.4 is 5.32 Å². The number of pyridine rings is 1. The summed E-state index contributed by atoms with van der Waals surface area (Å²) in [6.45, 7) is 6.52. The number of aromatic nitrogens is 1. The third-order valence-electron chi connectivity index (χ3n) is 2.95. The van der Waals surface area contributed by atoms with Crippen molar-refractivity contribution in [3.63, 3.8) is 0 Å². The van der Waals surface area contributed by atoms with Crippen molar-refractivity contribution in [1.29, 1.82) is 0 Å². The molecule has 0 aliphatic carbocycles. The number of rotatable bonds is 6. The summed E-state index contributed by atoms with van der Waals surface area (Å²) in [5.41, 5.74) is 2.33. The molecule has 3 nitrogen and oxygen atoms in total. The van der Waals surface area contributed by atoms with Gasteiger partial charge in [0.25, 0.3) is 0 Å². The normalized spacial score (nSPS) is 12.8. The van der Waals surface area contributed by atoms with E-state index in [0.717, 1.165) is 25.3 Å². The van der Waals surface area contributed by atoms with Crippen molar-refractivity contribution in [3.05, 3.63) is 42.1 Å². The van der Waals surface area contributed by atoms with E-state index in [1.807, 2.05) is 25.3 Å². The highest BCUT2D eigenvalue weighted by Crippen LogP contribution is 2.15. The largest absolute Gasteiger partial charge is 0.380 e. The Bertz CT molecular complexity index is 493. The van der Waals surface area contributed by atoms with Crippen LogP contribution in [0, 0.1) is 0 Å². The molecule has 0 bridgehead atoms. The minimum Gasteiger partial charge on any atom is -0.380 e. The molecule has 18 heavy (non-hydrogen) atoms. The average molecular weight is 244 g/mol. The fourth-order valence-corrected chi connectivity index (χ4v) is 1.95. The second kappa shape index (κ2) is 6.47. The van der Waals surface area contributed by atoms with Crippen molar-refractivity contribution in [1.82, 2.24) is 10.3 Å². The predicted octanol–water partition coefficient (Wildman–Crippen LogP) is 2.75. The molecule has 1 atom stereocenters. The first-order valence-corrected chi connectivity index (χ1v) is 6.45. The molecule has 1 aromatic carbocycles. The Hall–Kier alpha value is -1.45. The van der Waals surface area contributed by atoms with Crippen LogP contribution in [0.3, 0.4) is 0 Å². The number of para-hydroxylation sites is 1. The summed E-state index contributed by atoms with van der Waals surface area (Å²) in [4.78, 5) is 4.37. The van der Waals surface area contributed by atoms with Crippen LogP contribution >= 0.6 is 0 Å². The Kier molecular flexibility index (Phi) is 4.67. The van der Waals surface area contributed by atoms with Crippen LogP contribution in [0.15, 0.2) is 36.5 Å². The molecule has 0 spiro atoms. The average Bonchev–Trinajstić information content (AvgIpc) is 2.42. The topological polar surface area (TPSA) is 34.1 Å². The van der Waals surface area contributed by atoms with Gasteiger partial charge in [-0.2, -0.15) is 0 Å². The maximum atomic E-state index is 5.40. The van der Waals surface area contributed by atoms with Crippen molar-refractivity contribution >= 4 is 10.9 Å². The van der Waals surface area contributed by atoms with Gasteiger partial charge >= 0.3 is 0 Å². The summed E-state index contributed by atoms with van der Waals surface area (Å²) < 4.78 is 5.40. The minimum absolute atomic E-state index is 0.358. The summed E-state index contributed by atoms with van der Waals surface area (Å²) >= 11 is 0. The van der Waals surface area contributed by atoms with Gasteiger partial charge in [-0.15, -0.1) is 0 Å². The third-order valence-corrected chi connectivity index (χ3v) is 2.95. The van der Waals surface area contributed by atoms with Crippen molar-refractivity contribution in [2.24, 2.45) is 0 Å². The van der Waals surface area contributed by atoms with Crippen LogP contribution in [-0.4, -0.2) is 24.2 Å². The zero-order chi connectivity index (χ0) is 12.8. The smallest absolute Gasteiger partial charge is 0.0705 e. The second-order valence-electron chi connectivity index (χ2n) is 4.43. The van der Waals surface area contributed by atoms with E-state index in [9.17, 15) is 0 Å². The molecule has 0 fully saturated rings. The first-order valence-electron chi connectivity index (χ1n) is 6.45. The summed E-state index contributed by atoms with van der Waals surface area (Å²) in [7, 11) is 0. The standard InChI is InChI=1S/C15H20N2O/c1-3-18-11-12(2)17-10-13-8-9-16-15-7-5-4-6-14(13)15/h4-9,12,17H,3,10-11H2,1-2H3. The molecule has 3 heteroatoms. The molecule has 0 amide bonds. The van der Waals surface area contributed by atoms with Gasteiger partial charge < -0.3 is 10.1 Å². The molecule has 0 radical (unpaired) electrons. The summed E-state index contributed by atoms with van der Waals surface area (Å²) in [5.74, 6) is 0. The van der Waals surface area contributed by atoms with Crippen LogP contribution in [0.1, 0.15) is 19.4 Å². The molecule has 0 aliphatic rings. The highest BCUT2D eigenvalue weighted by molar-refractivity contribution is 5.81. The van der Waals surface area contributed by atoms with Gasteiger partial charge in [-0.25, -0.2) is 0 Å². The number of ether oxygens (including phenoxy) is 1. The van der Waals surface area contributed by atoms with Gasteiger partial charge in [0.15, 0.2) is 0 Å². The van der Waals surface area contributed by atoms with E-state index in [0.29, 0.717) is 6.04 Å². The van der Waals surface area contributed by atoms with Crippen LogP contribution in [0.4, 0.5) is 0 Å². The van der Waals surface area contributed by atoms with E-state index in [-0.39, 0.29) is 0 Å². The molecule has 0 saturated carbocycles. The third kappa shape index (κ3) is 3.28. The lowest BCUT2D eigenvalue weighted by Gasteiger charge is -2.14. The maximum Gasteiger partial charge on any atom is 0.0705 e. The molecule has 0 aliphatic heterocycles. The zero-order valence-electron chi connectivity index (χ0n) is 11.0. The first kappa shape index (κ1) is 13.0. The van der Waals surface area contributed by atoms with Gasteiger partial charge in [0.1, 0.15) is 0 Å². The minimum atomic E-state index is 0.358. The first-order chi connectivity index (χ1) is 8.81. The molecular formula is C15H20N2O. The summed E-state index contributed by atoms with van der Waals surface area (Å²) in [6, 6.07) is 10.7. The zero-order valence-corrected chi connectivity index (χ0v) is 11.0. The number of benzene rings is 1. The maximum absolute atomic E-state index is 5.40.